The van der Waals surface area contributed by atoms with Gasteiger partial charge in [0.25, 0.3) is 5.91 Å². The Kier molecular flexibility index (Phi) is 4.78. The number of nitrogens with zero attached hydrogens (tertiary/aromatic N) is 5. The number of H-pyrrole nitrogens is 1. The van der Waals surface area contributed by atoms with Crippen molar-refractivity contribution in [1.82, 2.24) is 29.6 Å². The Bertz CT molecular complexity index is 1310. The van der Waals surface area contributed by atoms with Crippen LogP contribution in [0.4, 0.5) is 0 Å². The zero-order valence-corrected chi connectivity index (χ0v) is 17.3. The molecule has 2 N–H and O–H groups in total. The molecule has 5 rings (SSSR count). The number of carbonyl (C=O) groups is 2. The number of hydrogen-bond acceptors (Lipinski definition) is 5. The molecule has 1 aliphatic rings. The molecule has 0 aliphatic carbocycles. The fourth-order valence-corrected chi connectivity index (χ4v) is 3.79. The predicted octanol–water partition coefficient (Wildman–Crippen LogP) is 3.00. The lowest BCUT2D eigenvalue weighted by atomic mass is 10.1. The van der Waals surface area contributed by atoms with E-state index in [9.17, 15) is 9.59 Å². The Labute approximate surface area is 183 Å². The number of nitrogens with one attached hydrogen (secondary N) is 1. The molecule has 0 saturated heterocycles. The Balaban J connectivity index is 1.48. The van der Waals surface area contributed by atoms with Crippen molar-refractivity contribution in [2.75, 3.05) is 6.54 Å². The van der Waals surface area contributed by atoms with Gasteiger partial charge in [0.05, 0.1) is 30.2 Å². The molecule has 0 radical (unpaired) electrons. The normalized spacial score (nSPS) is 13.3. The van der Waals surface area contributed by atoms with Gasteiger partial charge < -0.3 is 15.0 Å². The monoisotopic (exact) mass is 428 g/mol. The lowest BCUT2D eigenvalue weighted by molar-refractivity contribution is 0.0668. The number of imidazole rings is 1. The summed E-state index contributed by atoms with van der Waals surface area (Å²) in [7, 11) is 0. The summed E-state index contributed by atoms with van der Waals surface area (Å²) in [5.41, 5.74) is 4.55. The Morgan fingerprint density at radius 1 is 1.16 bits per heavy atom. The molecule has 9 heteroatoms. The highest BCUT2D eigenvalue weighted by Gasteiger charge is 2.29. The smallest absolute Gasteiger partial charge is 0.356 e. The van der Waals surface area contributed by atoms with Gasteiger partial charge in [0, 0.05) is 24.4 Å². The van der Waals surface area contributed by atoms with Crippen LogP contribution < -0.4 is 0 Å². The van der Waals surface area contributed by atoms with E-state index in [0.717, 1.165) is 28.2 Å². The first-order chi connectivity index (χ1) is 15.5. The zero-order chi connectivity index (χ0) is 22.2. The van der Waals surface area contributed by atoms with Crippen LogP contribution in [0.2, 0.25) is 0 Å². The lowest BCUT2D eigenvalue weighted by Crippen LogP contribution is -2.40. The van der Waals surface area contributed by atoms with Crippen molar-refractivity contribution in [3.05, 3.63) is 77.5 Å². The highest BCUT2D eigenvalue weighted by Crippen LogP contribution is 2.30. The maximum absolute atomic E-state index is 12.9. The minimum absolute atomic E-state index is 0.132. The topological polar surface area (TPSA) is 117 Å². The first-order valence-corrected chi connectivity index (χ1v) is 10.2. The van der Waals surface area contributed by atoms with E-state index in [1.807, 2.05) is 49.4 Å². The summed E-state index contributed by atoms with van der Waals surface area (Å²) >= 11 is 0. The highest BCUT2D eigenvalue weighted by molar-refractivity contribution is 5.96. The van der Waals surface area contributed by atoms with E-state index in [0.29, 0.717) is 18.9 Å². The van der Waals surface area contributed by atoms with Crippen LogP contribution in [0.25, 0.3) is 22.6 Å². The van der Waals surface area contributed by atoms with Crippen LogP contribution in [-0.4, -0.2) is 53.2 Å². The summed E-state index contributed by atoms with van der Waals surface area (Å²) in [5, 5.41) is 13.2. The Hall–Kier alpha value is -4.27. The first kappa shape index (κ1) is 19.7. The van der Waals surface area contributed by atoms with Crippen LogP contribution in [0.5, 0.6) is 0 Å². The minimum Gasteiger partial charge on any atom is -0.476 e. The second-order valence-electron chi connectivity index (χ2n) is 7.66. The molecule has 160 valence electrons. The van der Waals surface area contributed by atoms with E-state index in [1.54, 1.807) is 11.1 Å². The van der Waals surface area contributed by atoms with Crippen molar-refractivity contribution < 1.29 is 14.7 Å². The van der Waals surface area contributed by atoms with Crippen LogP contribution in [0.1, 0.15) is 32.4 Å². The van der Waals surface area contributed by atoms with Crippen LogP contribution in [0, 0.1) is 6.92 Å². The molecule has 1 aliphatic heterocycles. The van der Waals surface area contributed by atoms with Gasteiger partial charge in [-0.15, -0.1) is 0 Å². The second kappa shape index (κ2) is 7.77. The van der Waals surface area contributed by atoms with Crippen LogP contribution >= 0.6 is 0 Å². The number of aryl methyl sites for hydroxylation is 1. The van der Waals surface area contributed by atoms with Crippen molar-refractivity contribution in [3.8, 4) is 22.6 Å². The van der Waals surface area contributed by atoms with Crippen LogP contribution in [0.3, 0.4) is 0 Å². The second-order valence-corrected chi connectivity index (χ2v) is 7.66. The number of carboxylic acid groups (broad SMARTS) is 1. The fourth-order valence-electron chi connectivity index (χ4n) is 3.79. The number of benzene rings is 1. The van der Waals surface area contributed by atoms with E-state index >= 15 is 0 Å². The summed E-state index contributed by atoms with van der Waals surface area (Å²) in [6.45, 7) is 3.12. The van der Waals surface area contributed by atoms with Gasteiger partial charge in [0.15, 0.2) is 5.69 Å². The third-order valence-electron chi connectivity index (χ3n) is 5.43. The van der Waals surface area contributed by atoms with Crippen molar-refractivity contribution in [3.63, 3.8) is 0 Å². The van der Waals surface area contributed by atoms with Crippen molar-refractivity contribution in [2.24, 2.45) is 0 Å². The van der Waals surface area contributed by atoms with Crippen molar-refractivity contribution in [1.29, 1.82) is 0 Å². The molecular weight excluding hydrogens is 408 g/mol. The standard InChI is InChI=1S/C23H20N6O3/c1-14-5-7-15(8-6-14)20-21(16-4-2-3-9-24-16)26-19(25-20)13-28-10-11-29-18(22(28)30)12-17(27-29)23(31)32/h2-9,12H,10-11,13H2,1H3,(H,25,26)(H,31,32). The van der Waals surface area contributed by atoms with Gasteiger partial charge in [-0.3, -0.25) is 14.5 Å². The molecule has 0 saturated carbocycles. The highest BCUT2D eigenvalue weighted by atomic mass is 16.4. The molecular formula is C23H20N6O3. The molecule has 1 amide bonds. The molecule has 1 aromatic carbocycles. The predicted molar refractivity (Wildman–Crippen MR) is 116 cm³/mol. The minimum atomic E-state index is -1.15. The third-order valence-corrected chi connectivity index (χ3v) is 5.43. The van der Waals surface area contributed by atoms with E-state index in [2.05, 4.69) is 15.1 Å². The van der Waals surface area contributed by atoms with Crippen molar-refractivity contribution in [2.45, 2.75) is 20.0 Å². The molecule has 9 nitrogen and oxygen atoms in total. The summed E-state index contributed by atoms with van der Waals surface area (Å²) in [4.78, 5) is 38.4. The van der Waals surface area contributed by atoms with E-state index in [1.165, 1.54) is 10.7 Å². The molecule has 0 bridgehead atoms. The van der Waals surface area contributed by atoms with Gasteiger partial charge in [-0.2, -0.15) is 5.10 Å². The van der Waals surface area contributed by atoms with Gasteiger partial charge >= 0.3 is 5.97 Å². The molecule has 0 fully saturated rings. The molecule has 0 spiro atoms. The molecule has 0 atom stereocenters. The Morgan fingerprint density at radius 3 is 2.69 bits per heavy atom. The molecule has 32 heavy (non-hydrogen) atoms. The van der Waals surface area contributed by atoms with E-state index in [-0.39, 0.29) is 23.8 Å². The van der Waals surface area contributed by atoms with E-state index in [4.69, 9.17) is 10.1 Å². The SMILES string of the molecule is Cc1ccc(-c2nc(CN3CCn4nc(C(=O)O)cc4C3=O)[nH]c2-c2ccccn2)cc1. The number of carboxylic acids is 1. The summed E-state index contributed by atoms with van der Waals surface area (Å²) in [6.07, 6.45) is 1.73. The summed E-state index contributed by atoms with van der Waals surface area (Å²) in [5.74, 6) is -0.801. The maximum Gasteiger partial charge on any atom is 0.356 e. The number of rotatable bonds is 5. The summed E-state index contributed by atoms with van der Waals surface area (Å²) in [6, 6.07) is 15.1. The van der Waals surface area contributed by atoms with Gasteiger partial charge in [-0.05, 0) is 19.1 Å². The molecule has 4 aromatic rings. The van der Waals surface area contributed by atoms with E-state index < -0.39 is 5.97 Å². The summed E-state index contributed by atoms with van der Waals surface area (Å²) < 4.78 is 1.45. The van der Waals surface area contributed by atoms with Crippen LogP contribution in [0.15, 0.2) is 54.7 Å². The maximum atomic E-state index is 12.9. The van der Waals surface area contributed by atoms with Gasteiger partial charge in [-0.25, -0.2) is 9.78 Å². The molecule has 3 aromatic heterocycles. The average molecular weight is 428 g/mol. The molecule has 0 unspecified atom stereocenters. The zero-order valence-electron chi connectivity index (χ0n) is 17.3. The number of aromatic nitrogens is 5. The number of pyridine rings is 1. The molecule has 4 heterocycles. The van der Waals surface area contributed by atoms with Crippen LogP contribution in [-0.2, 0) is 13.1 Å². The number of amides is 1. The number of aromatic amines is 1. The number of carbonyl (C=O) groups excluding carboxylic acids is 1. The average Bonchev–Trinajstić information content (AvgIpc) is 3.42. The fraction of sp³-hybridized carbons (Fsp3) is 0.174. The van der Waals surface area contributed by atoms with Gasteiger partial charge in [-0.1, -0.05) is 35.9 Å². The van der Waals surface area contributed by atoms with Crippen molar-refractivity contribution >= 4 is 11.9 Å². The number of fused-ring (bicyclic) bond motifs is 1. The quantitative estimate of drug-likeness (QED) is 0.505. The van der Waals surface area contributed by atoms with Gasteiger partial charge in [0.2, 0.25) is 0 Å². The van der Waals surface area contributed by atoms with Gasteiger partial charge in [0.1, 0.15) is 11.5 Å². The first-order valence-electron chi connectivity index (χ1n) is 10.2. The number of aromatic carboxylic acids is 1. The lowest BCUT2D eigenvalue weighted by Gasteiger charge is -2.26. The largest absolute Gasteiger partial charge is 0.476 e. The Morgan fingerprint density at radius 2 is 1.97 bits per heavy atom. The third kappa shape index (κ3) is 3.53. The number of hydrogen-bond donors (Lipinski definition) is 2.